The molecule has 1 aromatic heterocycles. The molecular weight excluding hydrogens is 413 g/mol. The Hall–Kier alpha value is -3.52. The number of aliphatic hydroxyl groups excluding tert-OH is 1. The van der Waals surface area contributed by atoms with E-state index in [-0.39, 0.29) is 17.2 Å². The van der Waals surface area contributed by atoms with Crippen LogP contribution in [-0.2, 0) is 4.79 Å². The van der Waals surface area contributed by atoms with Crippen molar-refractivity contribution in [3.05, 3.63) is 58.6 Å². The molecule has 0 saturated heterocycles. The lowest BCUT2D eigenvalue weighted by molar-refractivity contribution is -0.110. The molecule has 30 heavy (non-hydrogen) atoms. The van der Waals surface area contributed by atoms with Gasteiger partial charge in [0.15, 0.2) is 5.76 Å². The minimum atomic E-state index is -0.528. The maximum Gasteiger partial charge on any atom is 0.260 e. The molecule has 0 radical (unpaired) electrons. The van der Waals surface area contributed by atoms with E-state index >= 15 is 0 Å². The molecule has 0 atom stereocenters. The average Bonchev–Trinajstić information content (AvgIpc) is 3.30. The van der Waals surface area contributed by atoms with Crippen molar-refractivity contribution in [2.75, 3.05) is 31.4 Å². The van der Waals surface area contributed by atoms with Gasteiger partial charge in [-0.15, -0.1) is 0 Å². The Bertz CT molecular complexity index is 1200. The van der Waals surface area contributed by atoms with Crippen LogP contribution in [-0.4, -0.2) is 37.4 Å². The summed E-state index contributed by atoms with van der Waals surface area (Å²) in [6.07, 6.45) is 0. The quantitative estimate of drug-likeness (QED) is 0.466. The van der Waals surface area contributed by atoms with Crippen LogP contribution >= 0.6 is 11.6 Å². The number of ether oxygens (including phenoxy) is 1. The number of carbonyl (C=O) groups is 1. The number of hydrogen-bond donors (Lipinski definition) is 2. The second kappa shape index (κ2) is 7.38. The number of halogens is 2. The van der Waals surface area contributed by atoms with E-state index in [1.54, 1.807) is 43.3 Å². The zero-order valence-electron chi connectivity index (χ0n) is 16.3. The molecule has 2 aromatic carbocycles. The first kappa shape index (κ1) is 19.8. The number of benzene rings is 2. The van der Waals surface area contributed by atoms with E-state index < -0.39 is 17.5 Å². The number of nitrogens with one attached hydrogen (secondary N) is 1. The normalized spacial score (nSPS) is 14.4. The monoisotopic (exact) mass is 429 g/mol. The molecule has 4 rings (SSSR count). The highest BCUT2D eigenvalue weighted by Crippen LogP contribution is 2.42. The van der Waals surface area contributed by atoms with Crippen molar-refractivity contribution < 1.29 is 23.6 Å². The van der Waals surface area contributed by atoms with Gasteiger partial charge in [-0.25, -0.2) is 4.39 Å². The fraction of sp³-hybridized carbons (Fsp3) is 0.143. The zero-order chi connectivity index (χ0) is 21.6. The summed E-state index contributed by atoms with van der Waals surface area (Å²) in [6, 6.07) is 9.30. The standard InChI is InChI=1S/C21H17ClFN3O4/c1-26(2)16-5-4-10(6-14(16)23)11-7-12-15(8-13(11)22)24-21(28)19(12)20(27)17-9-18(29-3)25-30-17/h4-9,27H,1-3H3,(H,24,28). The Morgan fingerprint density at radius 1 is 1.23 bits per heavy atom. The van der Waals surface area contributed by atoms with Gasteiger partial charge in [-0.1, -0.05) is 17.7 Å². The Morgan fingerprint density at radius 2 is 2.00 bits per heavy atom. The predicted octanol–water partition coefficient (Wildman–Crippen LogP) is 4.59. The Morgan fingerprint density at radius 3 is 2.63 bits per heavy atom. The van der Waals surface area contributed by atoms with Crippen LogP contribution in [0.3, 0.4) is 0 Å². The van der Waals surface area contributed by atoms with Crippen LogP contribution in [0.2, 0.25) is 5.02 Å². The lowest BCUT2D eigenvalue weighted by Crippen LogP contribution is -2.10. The number of methoxy groups -OCH3 is 1. The average molecular weight is 430 g/mol. The molecule has 1 aliphatic heterocycles. The Labute approximate surface area is 176 Å². The summed E-state index contributed by atoms with van der Waals surface area (Å²) in [5, 5.41) is 17.3. The molecule has 2 heterocycles. The number of hydrogen-bond acceptors (Lipinski definition) is 6. The highest BCUT2D eigenvalue weighted by molar-refractivity contribution is 6.38. The summed E-state index contributed by atoms with van der Waals surface area (Å²) in [6.45, 7) is 0. The van der Waals surface area contributed by atoms with E-state index in [0.717, 1.165) is 0 Å². The van der Waals surface area contributed by atoms with E-state index in [4.69, 9.17) is 20.9 Å². The van der Waals surface area contributed by atoms with Gasteiger partial charge in [0.25, 0.3) is 11.8 Å². The van der Waals surface area contributed by atoms with Crippen LogP contribution in [0.5, 0.6) is 5.88 Å². The third-order valence-corrected chi connectivity index (χ3v) is 5.07. The van der Waals surface area contributed by atoms with Gasteiger partial charge in [-0.05, 0) is 35.0 Å². The van der Waals surface area contributed by atoms with Gasteiger partial charge in [0.1, 0.15) is 5.82 Å². The molecule has 0 fully saturated rings. The molecule has 0 aliphatic carbocycles. The van der Waals surface area contributed by atoms with Gasteiger partial charge in [0.05, 0.1) is 35.1 Å². The summed E-state index contributed by atoms with van der Waals surface area (Å²) in [5.74, 6) is -1.20. The zero-order valence-corrected chi connectivity index (χ0v) is 17.0. The number of fused-ring (bicyclic) bond motifs is 1. The van der Waals surface area contributed by atoms with Gasteiger partial charge in [0.2, 0.25) is 5.76 Å². The molecule has 3 aromatic rings. The molecule has 9 heteroatoms. The third kappa shape index (κ3) is 3.25. The number of aromatic nitrogens is 1. The van der Waals surface area contributed by atoms with E-state index in [9.17, 15) is 14.3 Å². The van der Waals surface area contributed by atoms with Crippen molar-refractivity contribution in [2.45, 2.75) is 0 Å². The molecule has 2 N–H and O–H groups in total. The van der Waals surface area contributed by atoms with Crippen LogP contribution in [0.15, 0.2) is 40.9 Å². The Balaban J connectivity index is 1.85. The molecule has 1 aliphatic rings. The second-order valence-electron chi connectivity index (χ2n) is 6.85. The second-order valence-corrected chi connectivity index (χ2v) is 7.26. The summed E-state index contributed by atoms with van der Waals surface area (Å²) < 4.78 is 24.5. The first-order valence-corrected chi connectivity index (χ1v) is 9.24. The SMILES string of the molecule is COc1cc(C(O)=C2C(=O)Nc3cc(Cl)c(-c4ccc(N(C)C)c(F)c4)cc32)on1. The van der Waals surface area contributed by atoms with E-state index in [1.165, 1.54) is 19.2 Å². The van der Waals surface area contributed by atoms with E-state index in [2.05, 4.69) is 10.5 Å². The van der Waals surface area contributed by atoms with Gasteiger partial charge in [-0.3, -0.25) is 4.79 Å². The first-order chi connectivity index (χ1) is 14.3. The van der Waals surface area contributed by atoms with Crippen molar-refractivity contribution in [3.63, 3.8) is 0 Å². The number of anilines is 2. The smallest absolute Gasteiger partial charge is 0.260 e. The van der Waals surface area contributed by atoms with Gasteiger partial charge in [-0.2, -0.15) is 0 Å². The van der Waals surface area contributed by atoms with Crippen LogP contribution in [0.4, 0.5) is 15.8 Å². The van der Waals surface area contributed by atoms with E-state index in [1.807, 2.05) is 0 Å². The predicted molar refractivity (Wildman–Crippen MR) is 112 cm³/mol. The number of rotatable bonds is 4. The topological polar surface area (TPSA) is 87.8 Å². The number of amides is 1. The van der Waals surface area contributed by atoms with E-state index in [0.29, 0.717) is 33.1 Å². The molecule has 1 amide bonds. The van der Waals surface area contributed by atoms with Crippen molar-refractivity contribution >= 4 is 40.2 Å². The number of carbonyl (C=O) groups excluding carboxylic acids is 1. The lowest BCUT2D eigenvalue weighted by Gasteiger charge is -2.15. The minimum Gasteiger partial charge on any atom is -0.504 e. The minimum absolute atomic E-state index is 0.00731. The molecule has 7 nitrogen and oxygen atoms in total. The van der Waals surface area contributed by atoms with Crippen LogP contribution < -0.4 is 15.0 Å². The van der Waals surface area contributed by atoms with Crippen molar-refractivity contribution in [3.8, 4) is 17.0 Å². The number of nitrogens with zero attached hydrogens (tertiary/aromatic N) is 2. The molecule has 0 unspecified atom stereocenters. The van der Waals surface area contributed by atoms with Crippen LogP contribution in [0, 0.1) is 5.82 Å². The molecule has 154 valence electrons. The van der Waals surface area contributed by atoms with Crippen molar-refractivity contribution in [1.29, 1.82) is 0 Å². The highest BCUT2D eigenvalue weighted by Gasteiger charge is 2.31. The molecule has 0 bridgehead atoms. The first-order valence-electron chi connectivity index (χ1n) is 8.87. The summed E-state index contributed by atoms with van der Waals surface area (Å²) >= 11 is 6.40. The summed E-state index contributed by atoms with van der Waals surface area (Å²) in [5.41, 5.74) is 2.30. The molecule has 0 saturated carbocycles. The van der Waals surface area contributed by atoms with Gasteiger partial charge in [0, 0.05) is 25.2 Å². The fourth-order valence-electron chi connectivity index (χ4n) is 3.27. The highest BCUT2D eigenvalue weighted by atomic mass is 35.5. The van der Waals surface area contributed by atoms with Crippen LogP contribution in [0.1, 0.15) is 11.3 Å². The van der Waals surface area contributed by atoms with Gasteiger partial charge < -0.3 is 24.6 Å². The maximum atomic E-state index is 14.5. The maximum absolute atomic E-state index is 14.5. The fourth-order valence-corrected chi connectivity index (χ4v) is 3.55. The summed E-state index contributed by atoms with van der Waals surface area (Å²) in [7, 11) is 4.89. The van der Waals surface area contributed by atoms with Crippen LogP contribution in [0.25, 0.3) is 22.5 Å². The van der Waals surface area contributed by atoms with Crippen molar-refractivity contribution in [2.24, 2.45) is 0 Å². The van der Waals surface area contributed by atoms with Crippen molar-refractivity contribution in [1.82, 2.24) is 5.16 Å². The third-order valence-electron chi connectivity index (χ3n) is 4.76. The lowest BCUT2D eigenvalue weighted by atomic mass is 9.98. The largest absolute Gasteiger partial charge is 0.504 e. The molecule has 0 spiro atoms. The summed E-state index contributed by atoms with van der Waals surface area (Å²) in [4.78, 5) is 14.2. The van der Waals surface area contributed by atoms with Gasteiger partial charge >= 0.3 is 0 Å². The number of aliphatic hydroxyl groups is 1. The molecular formula is C21H17ClFN3O4. The Kier molecular flexibility index (Phi) is 4.87.